The summed E-state index contributed by atoms with van der Waals surface area (Å²) in [5.41, 5.74) is 15.6. The molecule has 0 saturated carbocycles. The molecule has 2 heterocycles. The molecule has 6 aromatic carbocycles. The molecule has 0 fully saturated rings. The van der Waals surface area contributed by atoms with Crippen molar-refractivity contribution in [2.75, 3.05) is 0 Å². The lowest BCUT2D eigenvalue weighted by Gasteiger charge is -2.26. The van der Waals surface area contributed by atoms with E-state index in [4.69, 9.17) is 0 Å². The lowest BCUT2D eigenvalue weighted by Crippen LogP contribution is -2.07. The second kappa shape index (κ2) is 11.8. The standard InChI is InChI=1S/C48H36N2/c1-3-19-35(37-21-5-11-27-43(37)49-45-29-13-7-23-39(45)40-24-8-14-30-46(40)49)33(17-1)34-18-2-4-20-36(34)38-22-6-12-28-44(38)50-47-31-15-9-25-41(47)42-26-10-16-32-48(42)50/h3-16,19-32H,1-2,17-18H2. The first-order valence-electron chi connectivity index (χ1n) is 17.8. The van der Waals surface area contributed by atoms with Crippen molar-refractivity contribution in [3.63, 3.8) is 0 Å². The highest BCUT2D eigenvalue weighted by Gasteiger charge is 2.24. The molecule has 0 atom stereocenters. The zero-order valence-corrected chi connectivity index (χ0v) is 27.9. The largest absolute Gasteiger partial charge is 0.309 e. The maximum Gasteiger partial charge on any atom is 0.0541 e. The van der Waals surface area contributed by atoms with Gasteiger partial charge in [-0.1, -0.05) is 133 Å². The summed E-state index contributed by atoms with van der Waals surface area (Å²) in [5, 5.41) is 5.15. The SMILES string of the molecule is C1=CC(c2ccccc2-n2c3ccccc3c3ccccc32)=C(C2=C(c3ccccc3-n3c4ccccc4c4ccccc43)C=CCC2)CC1. The van der Waals surface area contributed by atoms with E-state index in [1.807, 2.05) is 0 Å². The lowest BCUT2D eigenvalue weighted by atomic mass is 9.80. The van der Waals surface area contributed by atoms with Gasteiger partial charge in [-0.25, -0.2) is 0 Å². The molecule has 0 aliphatic heterocycles. The van der Waals surface area contributed by atoms with Crippen LogP contribution in [-0.2, 0) is 0 Å². The molecule has 2 aliphatic carbocycles. The number of aromatic nitrogens is 2. The Bertz CT molecular complexity index is 2460. The normalized spacial score (nSPS) is 15.0. The first-order valence-corrected chi connectivity index (χ1v) is 17.8. The summed E-state index contributed by atoms with van der Waals surface area (Å²) in [6.45, 7) is 0. The molecule has 0 spiro atoms. The maximum atomic E-state index is 2.47. The van der Waals surface area contributed by atoms with Crippen molar-refractivity contribution in [1.82, 2.24) is 9.13 Å². The summed E-state index contributed by atoms with van der Waals surface area (Å²) >= 11 is 0. The predicted molar refractivity (Wildman–Crippen MR) is 212 cm³/mol. The molecule has 50 heavy (non-hydrogen) atoms. The van der Waals surface area contributed by atoms with Crippen molar-refractivity contribution < 1.29 is 0 Å². The van der Waals surface area contributed by atoms with Crippen molar-refractivity contribution >= 4 is 54.8 Å². The van der Waals surface area contributed by atoms with Crippen LogP contribution in [0.4, 0.5) is 0 Å². The number of hydrogen-bond acceptors (Lipinski definition) is 0. The molecule has 8 aromatic rings. The minimum atomic E-state index is 1.03. The second-order valence-electron chi connectivity index (χ2n) is 13.4. The Morgan fingerprint density at radius 1 is 0.340 bits per heavy atom. The Balaban J connectivity index is 1.22. The van der Waals surface area contributed by atoms with Crippen LogP contribution >= 0.6 is 0 Å². The molecule has 0 N–H and O–H groups in total. The minimum absolute atomic E-state index is 1.03. The van der Waals surface area contributed by atoms with Crippen molar-refractivity contribution in [2.45, 2.75) is 25.7 Å². The van der Waals surface area contributed by atoms with Gasteiger partial charge in [0.2, 0.25) is 0 Å². The molecule has 0 bridgehead atoms. The average Bonchev–Trinajstić information content (AvgIpc) is 3.71. The van der Waals surface area contributed by atoms with E-state index >= 15 is 0 Å². The van der Waals surface area contributed by atoms with Gasteiger partial charge in [-0.3, -0.25) is 0 Å². The number of para-hydroxylation sites is 6. The van der Waals surface area contributed by atoms with E-state index in [1.165, 1.54) is 88.4 Å². The fraction of sp³-hybridized carbons (Fsp3) is 0.0833. The summed E-state index contributed by atoms with van der Waals surface area (Å²) in [6, 6.07) is 53.3. The molecule has 10 rings (SSSR count). The van der Waals surface area contributed by atoms with Gasteiger partial charge >= 0.3 is 0 Å². The number of nitrogens with zero attached hydrogens (tertiary/aromatic N) is 2. The highest BCUT2D eigenvalue weighted by Crippen LogP contribution is 2.44. The molecule has 0 amide bonds. The first kappa shape index (κ1) is 28.9. The summed E-state index contributed by atoms with van der Waals surface area (Å²) in [4.78, 5) is 0. The number of rotatable bonds is 5. The highest BCUT2D eigenvalue weighted by molar-refractivity contribution is 6.11. The summed E-state index contributed by atoms with van der Waals surface area (Å²) in [7, 11) is 0. The number of allylic oxidation sites excluding steroid dienone is 8. The van der Waals surface area contributed by atoms with Crippen LogP contribution in [0.3, 0.4) is 0 Å². The topological polar surface area (TPSA) is 9.86 Å². The molecular formula is C48H36N2. The Hall–Kier alpha value is -6.12. The molecule has 0 unspecified atom stereocenters. The van der Waals surface area contributed by atoms with E-state index in [0.717, 1.165) is 25.7 Å². The molecule has 2 nitrogen and oxygen atoms in total. The Morgan fingerprint density at radius 2 is 0.660 bits per heavy atom. The van der Waals surface area contributed by atoms with E-state index in [0.29, 0.717) is 0 Å². The summed E-state index contributed by atoms with van der Waals surface area (Å²) < 4.78 is 4.95. The van der Waals surface area contributed by atoms with Gasteiger partial charge in [-0.05, 0) is 84.4 Å². The summed E-state index contributed by atoms with van der Waals surface area (Å²) in [5.74, 6) is 0. The van der Waals surface area contributed by atoms with E-state index in [2.05, 4.69) is 179 Å². The van der Waals surface area contributed by atoms with Crippen LogP contribution in [0.25, 0.3) is 66.1 Å². The van der Waals surface area contributed by atoms with E-state index in [9.17, 15) is 0 Å². The van der Waals surface area contributed by atoms with Gasteiger partial charge in [-0.2, -0.15) is 0 Å². The molecule has 238 valence electrons. The molecule has 0 radical (unpaired) electrons. The van der Waals surface area contributed by atoms with Crippen molar-refractivity contribution in [3.8, 4) is 11.4 Å². The van der Waals surface area contributed by atoms with Gasteiger partial charge < -0.3 is 9.13 Å². The van der Waals surface area contributed by atoms with Crippen LogP contribution in [0.1, 0.15) is 36.8 Å². The van der Waals surface area contributed by atoms with Crippen molar-refractivity contribution in [3.05, 3.63) is 192 Å². The third-order valence-corrected chi connectivity index (χ3v) is 10.7. The zero-order valence-electron chi connectivity index (χ0n) is 27.9. The van der Waals surface area contributed by atoms with Crippen LogP contribution in [-0.4, -0.2) is 9.13 Å². The smallest absolute Gasteiger partial charge is 0.0541 e. The Kier molecular flexibility index (Phi) is 6.80. The van der Waals surface area contributed by atoms with Crippen LogP contribution < -0.4 is 0 Å². The lowest BCUT2D eigenvalue weighted by molar-refractivity contribution is 0.905. The van der Waals surface area contributed by atoms with Crippen LogP contribution in [0.2, 0.25) is 0 Å². The van der Waals surface area contributed by atoms with Crippen LogP contribution in [0, 0.1) is 0 Å². The summed E-state index contributed by atoms with van der Waals surface area (Å²) in [6.07, 6.45) is 13.7. The van der Waals surface area contributed by atoms with Crippen LogP contribution in [0.5, 0.6) is 0 Å². The Labute approximate surface area is 292 Å². The Morgan fingerprint density at radius 3 is 1.04 bits per heavy atom. The van der Waals surface area contributed by atoms with E-state index in [-0.39, 0.29) is 0 Å². The van der Waals surface area contributed by atoms with Gasteiger partial charge in [0.15, 0.2) is 0 Å². The quantitative estimate of drug-likeness (QED) is 0.177. The fourth-order valence-corrected chi connectivity index (χ4v) is 8.62. The maximum absolute atomic E-state index is 2.47. The van der Waals surface area contributed by atoms with Gasteiger partial charge in [0, 0.05) is 32.7 Å². The van der Waals surface area contributed by atoms with E-state index < -0.39 is 0 Å². The minimum Gasteiger partial charge on any atom is -0.309 e. The molecule has 2 heteroatoms. The molecule has 2 aromatic heterocycles. The number of hydrogen-bond donors (Lipinski definition) is 0. The highest BCUT2D eigenvalue weighted by atomic mass is 15.0. The van der Waals surface area contributed by atoms with Crippen molar-refractivity contribution in [2.24, 2.45) is 0 Å². The van der Waals surface area contributed by atoms with Gasteiger partial charge in [0.25, 0.3) is 0 Å². The zero-order chi connectivity index (χ0) is 33.0. The van der Waals surface area contributed by atoms with Crippen LogP contribution in [0.15, 0.2) is 181 Å². The molecular weight excluding hydrogens is 605 g/mol. The predicted octanol–water partition coefficient (Wildman–Crippen LogP) is 12.8. The molecule has 2 aliphatic rings. The van der Waals surface area contributed by atoms with Crippen molar-refractivity contribution in [1.29, 1.82) is 0 Å². The average molecular weight is 641 g/mol. The number of fused-ring (bicyclic) bond motifs is 6. The monoisotopic (exact) mass is 640 g/mol. The first-order chi connectivity index (χ1) is 24.9. The van der Waals surface area contributed by atoms with Gasteiger partial charge in [0.05, 0.1) is 33.4 Å². The fourth-order valence-electron chi connectivity index (χ4n) is 8.62. The molecule has 0 saturated heterocycles. The van der Waals surface area contributed by atoms with E-state index in [1.54, 1.807) is 0 Å². The number of benzene rings is 6. The third-order valence-electron chi connectivity index (χ3n) is 10.7. The second-order valence-corrected chi connectivity index (χ2v) is 13.4. The van der Waals surface area contributed by atoms with Gasteiger partial charge in [-0.15, -0.1) is 0 Å². The third kappa shape index (κ3) is 4.42. The van der Waals surface area contributed by atoms with Gasteiger partial charge in [0.1, 0.15) is 0 Å².